The topological polar surface area (TPSA) is 36.9 Å². The van der Waals surface area contributed by atoms with Gasteiger partial charge in [-0.3, -0.25) is 0 Å². The minimum absolute atomic E-state index is 0.476. The van der Waals surface area contributed by atoms with Crippen LogP contribution >= 0.6 is 0 Å². The van der Waals surface area contributed by atoms with Crippen LogP contribution in [0.2, 0.25) is 77.8 Å². The molecular weight excluding hydrogens is 708 g/mol. The lowest BCUT2D eigenvalue weighted by Gasteiger charge is -2.39. The first-order valence-corrected chi connectivity index (χ1v) is 33.4. The van der Waals surface area contributed by atoms with E-state index in [0.717, 1.165) is 16.8 Å². The lowest BCUT2D eigenvalue weighted by Crippen LogP contribution is -2.56. The summed E-state index contributed by atoms with van der Waals surface area (Å²) in [6.45, 7) is 33.8. The molecule has 0 N–H and O–H groups in total. The van der Waals surface area contributed by atoms with Crippen LogP contribution in [-0.4, -0.2) is 61.3 Å². The summed E-state index contributed by atoms with van der Waals surface area (Å²) in [5.74, 6) is 4.97. The Bertz CT molecular complexity index is 1140. The van der Waals surface area contributed by atoms with Gasteiger partial charge in [0.15, 0.2) is 0 Å². The lowest BCUT2D eigenvalue weighted by atomic mass is 10.3. The third-order valence-electron chi connectivity index (χ3n) is 14.2. The van der Waals surface area contributed by atoms with E-state index in [4.69, 9.17) is 17.1 Å². The zero-order chi connectivity index (χ0) is 38.6. The zero-order valence-corrected chi connectivity index (χ0v) is 41.4. The highest BCUT2D eigenvalue weighted by Gasteiger charge is 2.46. The Labute approximate surface area is 325 Å². The van der Waals surface area contributed by atoms with Crippen LogP contribution in [0.25, 0.3) is 0 Å². The van der Waals surface area contributed by atoms with E-state index < -0.39 is 47.1 Å². The molecule has 0 atom stereocenters. The van der Waals surface area contributed by atoms with Crippen molar-refractivity contribution in [2.24, 2.45) is 5.92 Å². The molecule has 0 radical (unpaired) electrons. The first-order valence-electron chi connectivity index (χ1n) is 21.1. The minimum atomic E-state index is -2.32. The van der Waals surface area contributed by atoms with Crippen molar-refractivity contribution in [3.63, 3.8) is 0 Å². The Balaban J connectivity index is 3.19. The second-order valence-corrected chi connectivity index (χ2v) is 38.4. The second-order valence-electron chi connectivity index (χ2n) is 15.8. The predicted octanol–water partition coefficient (Wildman–Crippen LogP) is 11.2. The molecule has 2 rings (SSSR count). The van der Waals surface area contributed by atoms with Crippen molar-refractivity contribution in [2.75, 3.05) is 14.2 Å². The number of hydrogen-bond donors (Lipinski definition) is 0. The average molecular weight is 787 g/mol. The summed E-state index contributed by atoms with van der Waals surface area (Å²) < 4.78 is 28.0. The Hall–Kier alpha value is -0.960. The van der Waals surface area contributed by atoms with Gasteiger partial charge in [0.2, 0.25) is 0 Å². The molecule has 0 aromatic heterocycles. The molecule has 0 heterocycles. The third-order valence-corrected chi connectivity index (χ3v) is 38.8. The van der Waals surface area contributed by atoms with Gasteiger partial charge in [0.25, 0.3) is 0 Å². The number of methoxy groups -OCH3 is 2. The van der Waals surface area contributed by atoms with Crippen molar-refractivity contribution in [1.29, 1.82) is 0 Å². The van der Waals surface area contributed by atoms with Gasteiger partial charge in [-0.05, 0) is 50.3 Å². The normalized spacial score (nSPS) is 12.7. The van der Waals surface area contributed by atoms with E-state index >= 15 is 0 Å². The van der Waals surface area contributed by atoms with Crippen molar-refractivity contribution in [1.82, 2.24) is 0 Å². The molecule has 4 nitrogen and oxygen atoms in total. The van der Waals surface area contributed by atoms with Gasteiger partial charge in [-0.2, -0.15) is 0 Å². The van der Waals surface area contributed by atoms with Crippen molar-refractivity contribution >= 4 is 67.9 Å². The molecular formula is C42H79AlO4Si4. The second kappa shape index (κ2) is 20.6. The molecule has 0 saturated heterocycles. The Morgan fingerprint density at radius 1 is 0.431 bits per heavy atom. The van der Waals surface area contributed by atoms with Crippen LogP contribution in [-0.2, 0) is 0 Å². The van der Waals surface area contributed by atoms with Crippen LogP contribution in [0.1, 0.15) is 96.9 Å². The molecule has 0 spiro atoms. The van der Waals surface area contributed by atoms with E-state index in [1.807, 2.05) is 14.2 Å². The maximum Gasteiger partial charge on any atom is 0.857 e. The van der Waals surface area contributed by atoms with Crippen LogP contribution in [0, 0.1) is 5.92 Å². The summed E-state index contributed by atoms with van der Waals surface area (Å²) in [5.41, 5.74) is 0. The van der Waals surface area contributed by atoms with Crippen molar-refractivity contribution in [3.05, 3.63) is 24.3 Å². The molecule has 0 fully saturated rings. The minimum Gasteiger partial charge on any atom is -0.612 e. The van der Waals surface area contributed by atoms with Gasteiger partial charge in [-0.15, -0.1) is 0 Å². The molecule has 2 aromatic carbocycles. The standard InChI is InChI=1S/2C19H36O2Si2.C4H9.Al/c2*1-8-22(9-2,10-3)17-14-16(21-7)15-18(19(17)20)23(11-4,12-5)13-6;1-4(2)3;/h2*14-15,20H,8-13H2,1-7H3;4H,1H2,2-3H3;/q;;;+2/p-2. The fourth-order valence-corrected chi connectivity index (χ4v) is 27.2. The first-order chi connectivity index (χ1) is 24.3. The van der Waals surface area contributed by atoms with E-state index in [1.165, 1.54) is 105 Å². The van der Waals surface area contributed by atoms with Crippen LogP contribution < -0.4 is 37.8 Å². The van der Waals surface area contributed by atoms with E-state index in [1.54, 1.807) is 0 Å². The Kier molecular flexibility index (Phi) is 18.7. The van der Waals surface area contributed by atoms with Gasteiger partial charge < -0.3 is 17.1 Å². The molecule has 0 aliphatic heterocycles. The number of rotatable bonds is 24. The summed E-state index contributed by atoms with van der Waals surface area (Å²) >= 11 is -2.32. The summed E-state index contributed by atoms with van der Waals surface area (Å²) in [5, 5.41) is 6.96. The SMILES string of the molecule is CC[Si](CC)(CC)c1cc(OC)cc([Si](CC)(CC)CC)c1[O][Al]([CH2]C(C)C)[O]c1c([Si](CC)(CC)CC)cc(OC)cc1[Si](CC)(CC)CC. The van der Waals surface area contributed by atoms with Gasteiger partial charge in [0.1, 0.15) is 11.5 Å². The van der Waals surface area contributed by atoms with Crippen molar-refractivity contribution < 1.29 is 17.1 Å². The van der Waals surface area contributed by atoms with Gasteiger partial charge in [0.05, 0.1) is 58.0 Å². The maximum absolute atomic E-state index is 7.84. The van der Waals surface area contributed by atoms with Crippen LogP contribution in [0.4, 0.5) is 0 Å². The summed E-state index contributed by atoms with van der Waals surface area (Å²) in [4.78, 5) is 0. The highest BCUT2D eigenvalue weighted by atomic mass is 28.3. The average Bonchev–Trinajstić information content (AvgIpc) is 3.16. The largest absolute Gasteiger partial charge is 0.857 e. The monoisotopic (exact) mass is 786 g/mol. The molecule has 0 saturated carbocycles. The number of hydrogen-bond acceptors (Lipinski definition) is 4. The van der Waals surface area contributed by atoms with Gasteiger partial charge >= 0.3 is 14.8 Å². The van der Waals surface area contributed by atoms with Crippen LogP contribution in [0.5, 0.6) is 23.0 Å². The maximum atomic E-state index is 7.84. The molecule has 0 unspecified atom stereocenters. The Morgan fingerprint density at radius 2 is 0.647 bits per heavy atom. The van der Waals surface area contributed by atoms with Gasteiger partial charge in [-0.1, -0.05) is 175 Å². The van der Waals surface area contributed by atoms with Crippen molar-refractivity contribution in [3.8, 4) is 23.0 Å². The molecule has 0 amide bonds. The van der Waals surface area contributed by atoms with E-state index in [0.29, 0.717) is 5.92 Å². The smallest absolute Gasteiger partial charge is 0.612 e. The van der Waals surface area contributed by atoms with E-state index in [2.05, 4.69) is 121 Å². The quantitative estimate of drug-likeness (QED) is 0.0993. The molecule has 2 aromatic rings. The summed E-state index contributed by atoms with van der Waals surface area (Å²) in [7, 11) is -3.82. The van der Waals surface area contributed by atoms with Crippen LogP contribution in [0.15, 0.2) is 24.3 Å². The number of ether oxygens (including phenoxy) is 2. The molecule has 290 valence electrons. The van der Waals surface area contributed by atoms with Crippen LogP contribution in [0.3, 0.4) is 0 Å². The fraction of sp³-hybridized carbons (Fsp3) is 0.714. The first kappa shape index (κ1) is 46.2. The third kappa shape index (κ3) is 9.47. The molecule has 9 heteroatoms. The predicted molar refractivity (Wildman–Crippen MR) is 240 cm³/mol. The van der Waals surface area contributed by atoms with Gasteiger partial charge in [0, 0.05) is 0 Å². The van der Waals surface area contributed by atoms with E-state index in [9.17, 15) is 0 Å². The van der Waals surface area contributed by atoms with Crippen molar-refractivity contribution in [2.45, 2.75) is 175 Å². The molecule has 51 heavy (non-hydrogen) atoms. The molecule has 0 aliphatic carbocycles. The van der Waals surface area contributed by atoms with Gasteiger partial charge in [-0.25, -0.2) is 0 Å². The highest BCUT2D eigenvalue weighted by Crippen LogP contribution is 2.35. The zero-order valence-electron chi connectivity index (χ0n) is 36.3. The lowest BCUT2D eigenvalue weighted by molar-refractivity contribution is 0.405. The Morgan fingerprint density at radius 3 is 0.804 bits per heavy atom. The summed E-state index contributed by atoms with van der Waals surface area (Å²) in [6, 6.07) is 24.1. The highest BCUT2D eigenvalue weighted by molar-refractivity contribution is 6.97. The number of benzene rings is 2. The molecule has 0 bridgehead atoms. The molecule has 0 aliphatic rings. The summed E-state index contributed by atoms with van der Waals surface area (Å²) in [6.07, 6.45) is 0. The van der Waals surface area contributed by atoms with E-state index in [-0.39, 0.29) is 0 Å². The fourth-order valence-electron chi connectivity index (χ4n) is 9.32.